The molecule has 4 nitrogen and oxygen atoms in total. The Morgan fingerprint density at radius 1 is 1.25 bits per heavy atom. The summed E-state index contributed by atoms with van der Waals surface area (Å²) in [7, 11) is 0. The van der Waals surface area contributed by atoms with E-state index in [0.29, 0.717) is 18.8 Å². The maximum absolute atomic E-state index is 6.16. The van der Waals surface area contributed by atoms with Crippen LogP contribution in [0, 0.1) is 6.92 Å². The number of aromatic nitrogens is 1. The maximum atomic E-state index is 6.16. The van der Waals surface area contributed by atoms with Crippen molar-refractivity contribution in [2.24, 2.45) is 0 Å². The normalized spacial score (nSPS) is 25.0. The molecule has 4 rings (SSSR count). The number of pyridine rings is 1. The van der Waals surface area contributed by atoms with Crippen LogP contribution in [0.4, 0.5) is 0 Å². The first kappa shape index (κ1) is 16.2. The molecule has 0 radical (unpaired) electrons. The van der Waals surface area contributed by atoms with Gasteiger partial charge in [0.2, 0.25) is 0 Å². The number of thiophene rings is 1. The van der Waals surface area contributed by atoms with Crippen LogP contribution in [-0.2, 0) is 17.9 Å². The molecule has 2 saturated heterocycles. The topological polar surface area (TPSA) is 28.6 Å². The minimum absolute atomic E-state index is 0.346. The molecular formula is C19H25N3OS. The number of hydrogen-bond donors (Lipinski definition) is 0. The minimum atomic E-state index is 0.346. The zero-order valence-corrected chi connectivity index (χ0v) is 15.0. The van der Waals surface area contributed by atoms with Gasteiger partial charge in [-0.3, -0.25) is 14.8 Å². The zero-order chi connectivity index (χ0) is 16.4. The molecule has 5 heteroatoms. The molecule has 128 valence electrons. The Bertz CT molecular complexity index is 660. The van der Waals surface area contributed by atoms with Crippen LogP contribution in [0.2, 0.25) is 0 Å². The van der Waals surface area contributed by atoms with Gasteiger partial charge in [-0.25, -0.2) is 0 Å². The number of rotatable bonds is 5. The molecule has 2 aromatic rings. The number of ether oxygens (including phenoxy) is 1. The first-order valence-corrected chi connectivity index (χ1v) is 9.72. The summed E-state index contributed by atoms with van der Waals surface area (Å²) < 4.78 is 6.16. The van der Waals surface area contributed by atoms with E-state index in [4.69, 9.17) is 4.74 Å². The summed E-state index contributed by atoms with van der Waals surface area (Å²) >= 11 is 1.79. The van der Waals surface area contributed by atoms with Crippen molar-refractivity contribution in [2.45, 2.75) is 38.6 Å². The van der Waals surface area contributed by atoms with Crippen LogP contribution in [-0.4, -0.2) is 53.1 Å². The van der Waals surface area contributed by atoms with Crippen molar-refractivity contribution in [3.05, 3.63) is 52.0 Å². The van der Waals surface area contributed by atoms with Crippen molar-refractivity contribution in [1.29, 1.82) is 0 Å². The van der Waals surface area contributed by atoms with Crippen molar-refractivity contribution in [1.82, 2.24) is 14.8 Å². The smallest absolute Gasteiger partial charge is 0.0892 e. The summed E-state index contributed by atoms with van der Waals surface area (Å²) in [4.78, 5) is 9.73. The Morgan fingerprint density at radius 2 is 2.21 bits per heavy atom. The van der Waals surface area contributed by atoms with Gasteiger partial charge >= 0.3 is 0 Å². The van der Waals surface area contributed by atoms with Gasteiger partial charge in [-0.05, 0) is 47.9 Å². The van der Waals surface area contributed by atoms with Gasteiger partial charge in [-0.1, -0.05) is 6.07 Å². The van der Waals surface area contributed by atoms with Crippen molar-refractivity contribution < 1.29 is 4.74 Å². The van der Waals surface area contributed by atoms with Crippen LogP contribution >= 0.6 is 11.3 Å². The fourth-order valence-corrected chi connectivity index (χ4v) is 4.51. The first-order valence-electron chi connectivity index (χ1n) is 8.78. The van der Waals surface area contributed by atoms with Gasteiger partial charge in [0.05, 0.1) is 18.4 Å². The average Bonchev–Trinajstić information content (AvgIpc) is 3.22. The lowest BCUT2D eigenvalue weighted by atomic mass is 10.1. The van der Waals surface area contributed by atoms with E-state index >= 15 is 0 Å². The zero-order valence-electron chi connectivity index (χ0n) is 14.2. The summed E-state index contributed by atoms with van der Waals surface area (Å²) in [6, 6.07) is 9.03. The van der Waals surface area contributed by atoms with Crippen molar-refractivity contribution in [3.8, 4) is 0 Å². The Balaban J connectivity index is 1.28. The van der Waals surface area contributed by atoms with E-state index in [0.717, 1.165) is 37.4 Å². The van der Waals surface area contributed by atoms with E-state index in [1.807, 2.05) is 13.0 Å². The summed E-state index contributed by atoms with van der Waals surface area (Å²) in [5, 5.41) is 4.44. The molecule has 0 aliphatic carbocycles. The molecule has 2 aliphatic heterocycles. The lowest BCUT2D eigenvalue weighted by Gasteiger charge is -2.37. The van der Waals surface area contributed by atoms with Crippen LogP contribution < -0.4 is 0 Å². The van der Waals surface area contributed by atoms with E-state index in [1.54, 1.807) is 11.3 Å². The van der Waals surface area contributed by atoms with Gasteiger partial charge in [0.25, 0.3) is 0 Å². The van der Waals surface area contributed by atoms with Crippen molar-refractivity contribution in [3.63, 3.8) is 0 Å². The van der Waals surface area contributed by atoms with Crippen LogP contribution in [0.3, 0.4) is 0 Å². The second-order valence-corrected chi connectivity index (χ2v) is 7.73. The Kier molecular flexibility index (Phi) is 4.94. The molecule has 0 bridgehead atoms. The number of hydrogen-bond acceptors (Lipinski definition) is 5. The van der Waals surface area contributed by atoms with E-state index in [1.165, 1.54) is 18.7 Å². The van der Waals surface area contributed by atoms with Crippen LogP contribution in [0.15, 0.2) is 35.0 Å². The minimum Gasteiger partial charge on any atom is -0.371 e. The van der Waals surface area contributed by atoms with E-state index in [9.17, 15) is 0 Å². The highest BCUT2D eigenvalue weighted by atomic mass is 32.1. The predicted molar refractivity (Wildman–Crippen MR) is 97.1 cm³/mol. The van der Waals surface area contributed by atoms with E-state index in [2.05, 4.69) is 43.7 Å². The Hall–Kier alpha value is -1.27. The highest BCUT2D eigenvalue weighted by Gasteiger charge is 2.36. The van der Waals surface area contributed by atoms with Gasteiger partial charge in [-0.15, -0.1) is 0 Å². The third-order valence-electron chi connectivity index (χ3n) is 5.06. The molecule has 0 amide bonds. The molecule has 4 heterocycles. The van der Waals surface area contributed by atoms with Gasteiger partial charge in [0.1, 0.15) is 0 Å². The van der Waals surface area contributed by atoms with Crippen molar-refractivity contribution in [2.75, 3.05) is 26.2 Å². The summed E-state index contributed by atoms with van der Waals surface area (Å²) in [5.74, 6) is 0. The van der Waals surface area contributed by atoms with Crippen LogP contribution in [0.5, 0.6) is 0 Å². The molecule has 2 fully saturated rings. The second kappa shape index (κ2) is 7.31. The first-order chi connectivity index (χ1) is 11.8. The highest BCUT2D eigenvalue weighted by molar-refractivity contribution is 7.07. The fourth-order valence-electron chi connectivity index (χ4n) is 3.85. The maximum Gasteiger partial charge on any atom is 0.0892 e. The average molecular weight is 343 g/mol. The molecule has 24 heavy (non-hydrogen) atoms. The van der Waals surface area contributed by atoms with Gasteiger partial charge in [0.15, 0.2) is 0 Å². The summed E-state index contributed by atoms with van der Waals surface area (Å²) in [5.41, 5.74) is 3.55. The van der Waals surface area contributed by atoms with E-state index in [-0.39, 0.29) is 0 Å². The molecule has 0 aromatic carbocycles. The lowest BCUT2D eigenvalue weighted by molar-refractivity contribution is 0.0439. The van der Waals surface area contributed by atoms with Gasteiger partial charge < -0.3 is 4.74 Å². The lowest BCUT2D eigenvalue weighted by Crippen LogP contribution is -2.49. The molecule has 2 aliphatic rings. The predicted octanol–water partition coefficient (Wildman–Crippen LogP) is 2.93. The van der Waals surface area contributed by atoms with E-state index < -0.39 is 0 Å². The monoisotopic (exact) mass is 343 g/mol. The molecule has 0 N–H and O–H groups in total. The molecule has 0 unspecified atom stereocenters. The third-order valence-corrected chi connectivity index (χ3v) is 5.79. The summed E-state index contributed by atoms with van der Waals surface area (Å²) in [6.07, 6.45) is 1.49. The standard InChI is InChI=1S/C19H25N3OS/c1-15-3-2-4-17(20-15)13-23-19-9-18-11-21(6-7-22(18)12-19)10-16-5-8-24-14-16/h2-5,8,14,18-19H,6-7,9-13H2,1H3/t18-,19-/m1/s1. The molecule has 0 spiro atoms. The third kappa shape index (κ3) is 3.86. The summed E-state index contributed by atoms with van der Waals surface area (Å²) in [6.45, 7) is 8.32. The second-order valence-electron chi connectivity index (χ2n) is 6.95. The van der Waals surface area contributed by atoms with Crippen molar-refractivity contribution >= 4 is 11.3 Å². The quantitative estimate of drug-likeness (QED) is 0.835. The fraction of sp³-hybridized carbons (Fsp3) is 0.526. The molecule has 0 saturated carbocycles. The number of fused-ring (bicyclic) bond motifs is 1. The van der Waals surface area contributed by atoms with Gasteiger partial charge in [0, 0.05) is 44.5 Å². The molecular weight excluding hydrogens is 318 g/mol. The number of nitrogens with zero attached hydrogens (tertiary/aromatic N) is 3. The van der Waals surface area contributed by atoms with Crippen LogP contribution in [0.1, 0.15) is 23.4 Å². The number of aryl methyl sites for hydroxylation is 1. The Morgan fingerprint density at radius 3 is 3.04 bits per heavy atom. The Labute approximate surface area is 148 Å². The molecule has 2 atom stereocenters. The molecule has 2 aromatic heterocycles. The number of piperazine rings is 1. The SMILES string of the molecule is Cc1cccc(CO[C@@H]2C[C@@H]3CN(Cc4ccsc4)CCN3C2)n1. The van der Waals surface area contributed by atoms with Crippen LogP contribution in [0.25, 0.3) is 0 Å². The highest BCUT2D eigenvalue weighted by Crippen LogP contribution is 2.25. The van der Waals surface area contributed by atoms with Gasteiger partial charge in [-0.2, -0.15) is 11.3 Å². The largest absolute Gasteiger partial charge is 0.371 e.